The van der Waals surface area contributed by atoms with E-state index in [1.165, 1.54) is 0 Å². The summed E-state index contributed by atoms with van der Waals surface area (Å²) in [5.74, 6) is 0. The highest BCUT2D eigenvalue weighted by atomic mass is 16.3. The van der Waals surface area contributed by atoms with Gasteiger partial charge in [-0.1, -0.05) is 0 Å². The van der Waals surface area contributed by atoms with Gasteiger partial charge in [0, 0.05) is 34.5 Å². The Morgan fingerprint density at radius 3 is 2.42 bits per heavy atom. The van der Waals surface area contributed by atoms with Crippen LogP contribution in [-0.2, 0) is 0 Å². The molecule has 19 heavy (non-hydrogen) atoms. The molecule has 0 bridgehead atoms. The SMILES string of the molecule is CC(C)(O)C(C)(C)Nc1ccc(N)c2ccncc12. The second kappa shape index (κ2) is 4.38. The minimum absolute atomic E-state index is 0.480. The van der Waals surface area contributed by atoms with Crippen molar-refractivity contribution in [1.82, 2.24) is 4.98 Å². The normalized spacial score (nSPS) is 12.7. The molecule has 1 aromatic carbocycles. The maximum absolute atomic E-state index is 10.2. The van der Waals surface area contributed by atoms with Crippen molar-refractivity contribution >= 4 is 22.1 Å². The van der Waals surface area contributed by atoms with Crippen LogP contribution in [0.25, 0.3) is 10.8 Å². The molecule has 2 rings (SSSR count). The van der Waals surface area contributed by atoms with E-state index < -0.39 is 11.1 Å². The van der Waals surface area contributed by atoms with Crippen molar-refractivity contribution in [2.45, 2.75) is 38.8 Å². The van der Waals surface area contributed by atoms with E-state index in [1.807, 2.05) is 32.0 Å². The van der Waals surface area contributed by atoms with E-state index in [-0.39, 0.29) is 0 Å². The van der Waals surface area contributed by atoms with Gasteiger partial charge in [-0.05, 0) is 45.9 Å². The number of hydrogen-bond acceptors (Lipinski definition) is 4. The van der Waals surface area contributed by atoms with Crippen LogP contribution < -0.4 is 11.1 Å². The van der Waals surface area contributed by atoms with Crippen LogP contribution in [0.3, 0.4) is 0 Å². The smallest absolute Gasteiger partial charge is 0.0814 e. The van der Waals surface area contributed by atoms with Gasteiger partial charge in [-0.3, -0.25) is 4.98 Å². The Bertz CT molecular complexity index is 600. The Balaban J connectivity index is 2.51. The summed E-state index contributed by atoms with van der Waals surface area (Å²) in [5.41, 5.74) is 6.28. The number of aliphatic hydroxyl groups is 1. The molecule has 1 heterocycles. The fourth-order valence-corrected chi connectivity index (χ4v) is 1.81. The molecule has 0 aliphatic rings. The average Bonchev–Trinajstić information content (AvgIpc) is 2.32. The third-order valence-corrected chi connectivity index (χ3v) is 3.83. The number of benzene rings is 1. The molecule has 1 aromatic heterocycles. The van der Waals surface area contributed by atoms with E-state index >= 15 is 0 Å². The number of nitrogens with two attached hydrogens (primary N) is 1. The molecule has 2 aromatic rings. The molecule has 0 saturated heterocycles. The highest BCUT2D eigenvalue weighted by Crippen LogP contribution is 2.32. The van der Waals surface area contributed by atoms with E-state index in [9.17, 15) is 5.11 Å². The van der Waals surface area contributed by atoms with Crippen LogP contribution in [0.2, 0.25) is 0 Å². The minimum Gasteiger partial charge on any atom is -0.398 e. The number of pyridine rings is 1. The maximum atomic E-state index is 10.2. The van der Waals surface area contributed by atoms with Crippen molar-refractivity contribution in [1.29, 1.82) is 0 Å². The quantitative estimate of drug-likeness (QED) is 0.741. The second-order valence-corrected chi connectivity index (χ2v) is 5.93. The summed E-state index contributed by atoms with van der Waals surface area (Å²) < 4.78 is 0. The molecular formula is C15H21N3O. The number of anilines is 2. The molecule has 0 saturated carbocycles. The summed E-state index contributed by atoms with van der Waals surface area (Å²) in [5, 5.41) is 15.5. The lowest BCUT2D eigenvalue weighted by molar-refractivity contribution is 0.0241. The van der Waals surface area contributed by atoms with Crippen LogP contribution in [-0.4, -0.2) is 21.2 Å². The van der Waals surface area contributed by atoms with Crippen LogP contribution in [0.4, 0.5) is 11.4 Å². The van der Waals surface area contributed by atoms with E-state index in [1.54, 1.807) is 26.2 Å². The lowest BCUT2D eigenvalue weighted by Gasteiger charge is -2.39. The number of fused-ring (bicyclic) bond motifs is 1. The second-order valence-electron chi connectivity index (χ2n) is 5.93. The van der Waals surface area contributed by atoms with Gasteiger partial charge in [0.1, 0.15) is 0 Å². The van der Waals surface area contributed by atoms with Crippen molar-refractivity contribution < 1.29 is 5.11 Å². The third-order valence-electron chi connectivity index (χ3n) is 3.83. The lowest BCUT2D eigenvalue weighted by Crippen LogP contribution is -2.51. The number of nitrogens with zero attached hydrogens (tertiary/aromatic N) is 1. The number of aromatic nitrogens is 1. The number of rotatable bonds is 3. The fourth-order valence-electron chi connectivity index (χ4n) is 1.81. The van der Waals surface area contributed by atoms with Crippen molar-refractivity contribution in [3.63, 3.8) is 0 Å². The van der Waals surface area contributed by atoms with Gasteiger partial charge in [0.2, 0.25) is 0 Å². The molecular weight excluding hydrogens is 238 g/mol. The van der Waals surface area contributed by atoms with Crippen LogP contribution in [0.1, 0.15) is 27.7 Å². The highest BCUT2D eigenvalue weighted by Gasteiger charge is 2.35. The fraction of sp³-hybridized carbons (Fsp3) is 0.400. The molecule has 0 fully saturated rings. The van der Waals surface area contributed by atoms with Crippen LogP contribution in [0.15, 0.2) is 30.6 Å². The molecule has 4 nitrogen and oxygen atoms in total. The Kier molecular flexibility index (Phi) is 3.14. The lowest BCUT2D eigenvalue weighted by atomic mass is 9.85. The first-order chi connectivity index (χ1) is 8.72. The first-order valence-electron chi connectivity index (χ1n) is 6.35. The maximum Gasteiger partial charge on any atom is 0.0814 e. The third kappa shape index (κ3) is 2.49. The van der Waals surface area contributed by atoms with Crippen molar-refractivity contribution in [3.05, 3.63) is 30.6 Å². The van der Waals surface area contributed by atoms with E-state index in [2.05, 4.69) is 10.3 Å². The van der Waals surface area contributed by atoms with Crippen LogP contribution in [0, 0.1) is 0 Å². The van der Waals surface area contributed by atoms with Gasteiger partial charge in [0.25, 0.3) is 0 Å². The van der Waals surface area contributed by atoms with Crippen molar-refractivity contribution in [3.8, 4) is 0 Å². The van der Waals surface area contributed by atoms with E-state index in [0.29, 0.717) is 0 Å². The zero-order valence-corrected chi connectivity index (χ0v) is 11.9. The van der Waals surface area contributed by atoms with Gasteiger partial charge in [0.15, 0.2) is 0 Å². The van der Waals surface area contributed by atoms with Crippen LogP contribution in [0.5, 0.6) is 0 Å². The summed E-state index contributed by atoms with van der Waals surface area (Å²) in [6.07, 6.45) is 3.51. The highest BCUT2D eigenvalue weighted by molar-refractivity contribution is 6.00. The minimum atomic E-state index is -0.858. The number of nitrogen functional groups attached to an aromatic ring is 1. The molecule has 4 heteroatoms. The molecule has 102 valence electrons. The Labute approximate surface area is 113 Å². The summed E-state index contributed by atoms with van der Waals surface area (Å²) in [7, 11) is 0. The summed E-state index contributed by atoms with van der Waals surface area (Å²) in [4.78, 5) is 4.15. The van der Waals surface area contributed by atoms with Crippen molar-refractivity contribution in [2.24, 2.45) is 0 Å². The molecule has 0 radical (unpaired) electrons. The van der Waals surface area contributed by atoms with Gasteiger partial charge in [-0.25, -0.2) is 0 Å². The number of hydrogen-bond donors (Lipinski definition) is 3. The number of nitrogens with one attached hydrogen (secondary N) is 1. The summed E-state index contributed by atoms with van der Waals surface area (Å²) in [6, 6.07) is 5.69. The molecule has 0 atom stereocenters. The zero-order valence-electron chi connectivity index (χ0n) is 11.9. The monoisotopic (exact) mass is 259 g/mol. The van der Waals surface area contributed by atoms with E-state index in [4.69, 9.17) is 5.73 Å². The Morgan fingerprint density at radius 2 is 1.79 bits per heavy atom. The molecule has 4 N–H and O–H groups in total. The largest absolute Gasteiger partial charge is 0.398 e. The standard InChI is InChI=1S/C15H21N3O/c1-14(2,15(3,4)19)18-13-6-5-12(16)10-7-8-17-9-11(10)13/h5-9,18-19H,16H2,1-4H3. The predicted molar refractivity (Wildman–Crippen MR) is 80.2 cm³/mol. The first-order valence-corrected chi connectivity index (χ1v) is 6.35. The summed E-state index contributed by atoms with van der Waals surface area (Å²) in [6.45, 7) is 7.51. The Hall–Kier alpha value is -1.81. The Morgan fingerprint density at radius 1 is 1.11 bits per heavy atom. The van der Waals surface area contributed by atoms with Gasteiger partial charge in [-0.15, -0.1) is 0 Å². The molecule has 0 unspecified atom stereocenters. The molecule has 0 aliphatic heterocycles. The first kappa shape index (κ1) is 13.6. The van der Waals surface area contributed by atoms with Gasteiger partial charge >= 0.3 is 0 Å². The topological polar surface area (TPSA) is 71.2 Å². The zero-order chi connectivity index (χ0) is 14.3. The van der Waals surface area contributed by atoms with Crippen molar-refractivity contribution in [2.75, 3.05) is 11.1 Å². The molecule has 0 aliphatic carbocycles. The summed E-state index contributed by atoms with van der Waals surface area (Å²) >= 11 is 0. The molecule has 0 spiro atoms. The van der Waals surface area contributed by atoms with Gasteiger partial charge < -0.3 is 16.2 Å². The van der Waals surface area contributed by atoms with Gasteiger partial charge in [0.05, 0.1) is 11.1 Å². The predicted octanol–water partition coefficient (Wildman–Crippen LogP) is 2.78. The van der Waals surface area contributed by atoms with Crippen LogP contribution >= 0.6 is 0 Å². The van der Waals surface area contributed by atoms with E-state index in [0.717, 1.165) is 22.1 Å². The van der Waals surface area contributed by atoms with Gasteiger partial charge in [-0.2, -0.15) is 0 Å². The average molecular weight is 259 g/mol. The molecule has 0 amide bonds.